The Bertz CT molecular complexity index is 798. The molecular weight excluding hydrogens is 324 g/mol. The third-order valence-corrected chi connectivity index (χ3v) is 4.33. The highest BCUT2D eigenvalue weighted by molar-refractivity contribution is 7.92. The Morgan fingerprint density at radius 3 is 2.38 bits per heavy atom. The summed E-state index contributed by atoms with van der Waals surface area (Å²) in [6.07, 6.45) is 1.57. The molecule has 126 valence electrons. The van der Waals surface area contributed by atoms with Gasteiger partial charge < -0.3 is 5.32 Å². The Morgan fingerprint density at radius 2 is 1.71 bits per heavy atom. The molecule has 0 aliphatic heterocycles. The van der Waals surface area contributed by atoms with Gasteiger partial charge in [0.05, 0.1) is 0 Å². The van der Waals surface area contributed by atoms with Crippen LogP contribution in [0.15, 0.2) is 60.0 Å². The standard InChI is InChI=1S/C18H20N2O3S/c1-15-7-9-17(10-8-15)20-18(21)11-13-19-24(22,23)14-12-16-5-3-2-4-6-16/h2-10,12,14,19H,11,13H2,1H3,(H,20,21)/b14-12+. The van der Waals surface area contributed by atoms with Gasteiger partial charge in [-0.3, -0.25) is 4.79 Å². The summed E-state index contributed by atoms with van der Waals surface area (Å²) >= 11 is 0. The molecule has 0 saturated carbocycles. The van der Waals surface area contributed by atoms with Crippen LogP contribution in [0.5, 0.6) is 0 Å². The van der Waals surface area contributed by atoms with Crippen LogP contribution in [-0.4, -0.2) is 20.9 Å². The van der Waals surface area contributed by atoms with Gasteiger partial charge >= 0.3 is 0 Å². The van der Waals surface area contributed by atoms with Gasteiger partial charge in [0.2, 0.25) is 15.9 Å². The molecule has 0 atom stereocenters. The van der Waals surface area contributed by atoms with Gasteiger partial charge in [0.15, 0.2) is 0 Å². The summed E-state index contributed by atoms with van der Waals surface area (Å²) in [5.74, 6) is -0.242. The minimum Gasteiger partial charge on any atom is -0.326 e. The quantitative estimate of drug-likeness (QED) is 0.811. The number of anilines is 1. The van der Waals surface area contributed by atoms with Crippen LogP contribution in [0.2, 0.25) is 0 Å². The highest BCUT2D eigenvalue weighted by Gasteiger charge is 2.07. The maximum absolute atomic E-state index is 11.9. The molecule has 0 radical (unpaired) electrons. The van der Waals surface area contributed by atoms with E-state index in [4.69, 9.17) is 0 Å². The predicted molar refractivity (Wildman–Crippen MR) is 96.8 cm³/mol. The Labute approximate surface area is 142 Å². The van der Waals surface area contributed by atoms with E-state index in [2.05, 4.69) is 10.0 Å². The van der Waals surface area contributed by atoms with E-state index in [-0.39, 0.29) is 18.9 Å². The molecule has 1 amide bonds. The van der Waals surface area contributed by atoms with Gasteiger partial charge in [-0.2, -0.15) is 0 Å². The van der Waals surface area contributed by atoms with Crippen molar-refractivity contribution < 1.29 is 13.2 Å². The second-order valence-corrected chi connectivity index (χ2v) is 6.97. The molecule has 0 fully saturated rings. The molecule has 0 aromatic heterocycles. The number of benzene rings is 2. The van der Waals surface area contributed by atoms with Gasteiger partial charge in [-0.15, -0.1) is 0 Å². The van der Waals surface area contributed by atoms with Crippen molar-refractivity contribution in [2.45, 2.75) is 13.3 Å². The van der Waals surface area contributed by atoms with Crippen LogP contribution < -0.4 is 10.0 Å². The molecule has 0 saturated heterocycles. The summed E-state index contributed by atoms with van der Waals surface area (Å²) in [5.41, 5.74) is 2.59. The van der Waals surface area contributed by atoms with E-state index in [1.54, 1.807) is 24.3 Å². The monoisotopic (exact) mass is 344 g/mol. The summed E-state index contributed by atoms with van der Waals surface area (Å²) in [6, 6.07) is 16.5. The van der Waals surface area contributed by atoms with E-state index >= 15 is 0 Å². The topological polar surface area (TPSA) is 75.3 Å². The zero-order valence-electron chi connectivity index (χ0n) is 13.4. The molecule has 24 heavy (non-hydrogen) atoms. The fraction of sp³-hybridized carbons (Fsp3) is 0.167. The van der Waals surface area contributed by atoms with E-state index in [1.165, 1.54) is 6.08 Å². The Hall–Kier alpha value is -2.44. The van der Waals surface area contributed by atoms with Crippen LogP contribution in [-0.2, 0) is 14.8 Å². The number of rotatable bonds is 7. The zero-order chi connectivity index (χ0) is 17.4. The van der Waals surface area contributed by atoms with Crippen molar-refractivity contribution in [2.75, 3.05) is 11.9 Å². The molecule has 2 aromatic carbocycles. The lowest BCUT2D eigenvalue weighted by atomic mass is 10.2. The number of hydrogen-bond donors (Lipinski definition) is 2. The van der Waals surface area contributed by atoms with Crippen molar-refractivity contribution in [3.8, 4) is 0 Å². The summed E-state index contributed by atoms with van der Waals surface area (Å²) in [4.78, 5) is 11.8. The number of nitrogens with one attached hydrogen (secondary N) is 2. The lowest BCUT2D eigenvalue weighted by molar-refractivity contribution is -0.116. The van der Waals surface area contributed by atoms with Crippen molar-refractivity contribution in [1.29, 1.82) is 0 Å². The first-order valence-corrected chi connectivity index (χ1v) is 9.08. The Kier molecular flexibility index (Phi) is 6.28. The lowest BCUT2D eigenvalue weighted by Gasteiger charge is -2.06. The minimum atomic E-state index is -3.56. The van der Waals surface area contributed by atoms with Crippen LogP contribution in [0.1, 0.15) is 17.5 Å². The Morgan fingerprint density at radius 1 is 1.04 bits per heavy atom. The van der Waals surface area contributed by atoms with Gasteiger partial charge in [0, 0.05) is 24.1 Å². The van der Waals surface area contributed by atoms with Gasteiger partial charge in [-0.1, -0.05) is 48.0 Å². The van der Waals surface area contributed by atoms with Gasteiger partial charge in [-0.05, 0) is 30.7 Å². The molecular formula is C18H20N2O3S. The van der Waals surface area contributed by atoms with Crippen molar-refractivity contribution in [1.82, 2.24) is 4.72 Å². The van der Waals surface area contributed by atoms with Crippen LogP contribution in [0.4, 0.5) is 5.69 Å². The highest BCUT2D eigenvalue weighted by atomic mass is 32.2. The van der Waals surface area contributed by atoms with Crippen molar-refractivity contribution in [3.05, 3.63) is 71.1 Å². The summed E-state index contributed by atoms with van der Waals surface area (Å²) in [7, 11) is -3.56. The fourth-order valence-electron chi connectivity index (χ4n) is 1.95. The second-order valence-electron chi connectivity index (χ2n) is 5.32. The van der Waals surface area contributed by atoms with Crippen LogP contribution >= 0.6 is 0 Å². The number of aryl methyl sites for hydroxylation is 1. The van der Waals surface area contributed by atoms with E-state index in [0.717, 1.165) is 16.5 Å². The third-order valence-electron chi connectivity index (χ3n) is 3.23. The third kappa shape index (κ3) is 6.36. The number of amides is 1. The molecule has 0 aliphatic rings. The van der Waals surface area contributed by atoms with Gasteiger partial charge in [0.1, 0.15) is 0 Å². The summed E-state index contributed by atoms with van der Waals surface area (Å²) in [6.45, 7) is 2.00. The molecule has 2 N–H and O–H groups in total. The number of carbonyl (C=O) groups excluding carboxylic acids is 1. The maximum Gasteiger partial charge on any atom is 0.233 e. The molecule has 6 heteroatoms. The predicted octanol–water partition coefficient (Wildman–Crippen LogP) is 2.91. The van der Waals surface area contributed by atoms with E-state index in [9.17, 15) is 13.2 Å². The fourth-order valence-corrected chi connectivity index (χ4v) is 2.77. The molecule has 2 aromatic rings. The first-order chi connectivity index (χ1) is 11.4. The molecule has 0 unspecified atom stereocenters. The summed E-state index contributed by atoms with van der Waals surface area (Å²) < 4.78 is 26.1. The molecule has 0 aliphatic carbocycles. The van der Waals surface area contributed by atoms with Crippen molar-refractivity contribution in [2.24, 2.45) is 0 Å². The van der Waals surface area contributed by atoms with Crippen LogP contribution in [0.3, 0.4) is 0 Å². The summed E-state index contributed by atoms with van der Waals surface area (Å²) in [5, 5.41) is 3.82. The van der Waals surface area contributed by atoms with Crippen LogP contribution in [0.25, 0.3) is 6.08 Å². The normalized spacial score (nSPS) is 11.5. The van der Waals surface area contributed by atoms with Crippen molar-refractivity contribution in [3.63, 3.8) is 0 Å². The van der Waals surface area contributed by atoms with Crippen LogP contribution in [0, 0.1) is 6.92 Å². The first kappa shape index (κ1) is 17.9. The lowest BCUT2D eigenvalue weighted by Crippen LogP contribution is -2.26. The largest absolute Gasteiger partial charge is 0.326 e. The Balaban J connectivity index is 1.79. The van der Waals surface area contributed by atoms with E-state index < -0.39 is 10.0 Å². The molecule has 0 heterocycles. The molecule has 0 spiro atoms. The molecule has 2 rings (SSSR count). The van der Waals surface area contributed by atoms with Crippen molar-refractivity contribution >= 4 is 27.7 Å². The number of sulfonamides is 1. The smallest absolute Gasteiger partial charge is 0.233 e. The molecule has 0 bridgehead atoms. The number of carbonyl (C=O) groups is 1. The van der Waals surface area contributed by atoms with Gasteiger partial charge in [0.25, 0.3) is 0 Å². The average Bonchev–Trinajstić information content (AvgIpc) is 2.56. The highest BCUT2D eigenvalue weighted by Crippen LogP contribution is 2.08. The molecule has 5 nitrogen and oxygen atoms in total. The van der Waals surface area contributed by atoms with E-state index in [1.807, 2.05) is 37.3 Å². The zero-order valence-corrected chi connectivity index (χ0v) is 14.2. The van der Waals surface area contributed by atoms with E-state index in [0.29, 0.717) is 5.69 Å². The SMILES string of the molecule is Cc1ccc(NC(=O)CCNS(=O)(=O)/C=C/c2ccccc2)cc1. The van der Waals surface area contributed by atoms with Gasteiger partial charge in [-0.25, -0.2) is 13.1 Å². The maximum atomic E-state index is 11.9. The average molecular weight is 344 g/mol. The first-order valence-electron chi connectivity index (χ1n) is 7.54. The minimum absolute atomic E-state index is 0.0408. The second kappa shape index (κ2) is 8.42. The number of hydrogen-bond acceptors (Lipinski definition) is 3.